The molecule has 10 heteroatoms. The summed E-state index contributed by atoms with van der Waals surface area (Å²) in [6, 6.07) is 7.71. The zero-order chi connectivity index (χ0) is 24.9. The minimum Gasteiger partial charge on any atom is -0.467 e. The summed E-state index contributed by atoms with van der Waals surface area (Å²) in [6.45, 7) is 5.49. The quantitative estimate of drug-likeness (QED) is 0.478. The van der Waals surface area contributed by atoms with Crippen LogP contribution < -0.4 is 10.6 Å². The SMILES string of the molecule is COC(=O)[C@@H]1C[C@@H](NC(=O)[C@@H]2CC[C@@H]2NC(=O)OCc2ccccc2)CN1C(=O)OC(C)(C)C. The van der Waals surface area contributed by atoms with Crippen molar-refractivity contribution in [2.45, 2.75) is 70.4 Å². The number of hydrogen-bond donors (Lipinski definition) is 2. The van der Waals surface area contributed by atoms with Gasteiger partial charge in [0.25, 0.3) is 0 Å². The van der Waals surface area contributed by atoms with Crippen LogP contribution in [0.2, 0.25) is 0 Å². The maximum atomic E-state index is 12.8. The van der Waals surface area contributed by atoms with Gasteiger partial charge in [-0.25, -0.2) is 14.4 Å². The molecule has 0 bridgehead atoms. The first-order valence-corrected chi connectivity index (χ1v) is 11.4. The minimum absolute atomic E-state index is 0.129. The Hall–Kier alpha value is -3.30. The van der Waals surface area contributed by atoms with Gasteiger partial charge >= 0.3 is 18.2 Å². The van der Waals surface area contributed by atoms with Crippen LogP contribution in [-0.4, -0.2) is 66.3 Å². The van der Waals surface area contributed by atoms with E-state index in [1.807, 2.05) is 30.3 Å². The van der Waals surface area contributed by atoms with E-state index in [1.54, 1.807) is 20.8 Å². The van der Waals surface area contributed by atoms with Gasteiger partial charge in [-0.1, -0.05) is 30.3 Å². The number of hydrogen-bond acceptors (Lipinski definition) is 7. The number of carbonyl (C=O) groups excluding carboxylic acids is 4. The summed E-state index contributed by atoms with van der Waals surface area (Å²) in [5.74, 6) is -1.21. The molecule has 3 amide bonds. The highest BCUT2D eigenvalue weighted by atomic mass is 16.6. The fraction of sp³-hybridized carbons (Fsp3) is 0.583. The molecule has 0 radical (unpaired) electrons. The number of likely N-dealkylation sites (tertiary alicyclic amines) is 1. The number of carbonyl (C=O) groups is 4. The van der Waals surface area contributed by atoms with Crippen molar-refractivity contribution >= 4 is 24.1 Å². The van der Waals surface area contributed by atoms with E-state index in [1.165, 1.54) is 12.0 Å². The van der Waals surface area contributed by atoms with Gasteiger partial charge in [-0.2, -0.15) is 0 Å². The highest BCUT2D eigenvalue weighted by Gasteiger charge is 2.44. The maximum absolute atomic E-state index is 12.8. The van der Waals surface area contributed by atoms with Crippen LogP contribution in [0, 0.1) is 5.92 Å². The lowest BCUT2D eigenvalue weighted by Crippen LogP contribution is -2.54. The van der Waals surface area contributed by atoms with E-state index in [0.717, 1.165) is 5.56 Å². The molecule has 3 rings (SSSR count). The van der Waals surface area contributed by atoms with Crippen molar-refractivity contribution in [3.63, 3.8) is 0 Å². The Morgan fingerprint density at radius 2 is 1.76 bits per heavy atom. The van der Waals surface area contributed by atoms with Gasteiger partial charge in [0.05, 0.1) is 13.0 Å². The molecule has 2 N–H and O–H groups in total. The predicted molar refractivity (Wildman–Crippen MR) is 122 cm³/mol. The molecule has 1 heterocycles. The van der Waals surface area contributed by atoms with Crippen LogP contribution in [0.1, 0.15) is 45.6 Å². The molecule has 1 aliphatic carbocycles. The van der Waals surface area contributed by atoms with Crippen molar-refractivity contribution in [2.75, 3.05) is 13.7 Å². The second kappa shape index (κ2) is 10.8. The summed E-state index contributed by atoms with van der Waals surface area (Å²) in [5, 5.41) is 5.66. The van der Waals surface area contributed by atoms with Crippen LogP contribution >= 0.6 is 0 Å². The van der Waals surface area contributed by atoms with Crippen molar-refractivity contribution < 1.29 is 33.4 Å². The first kappa shape index (κ1) is 25.3. The third kappa shape index (κ3) is 6.61. The van der Waals surface area contributed by atoms with Gasteiger partial charge in [0.15, 0.2) is 0 Å². The molecule has 1 saturated carbocycles. The van der Waals surface area contributed by atoms with E-state index in [2.05, 4.69) is 10.6 Å². The monoisotopic (exact) mass is 475 g/mol. The van der Waals surface area contributed by atoms with E-state index in [-0.39, 0.29) is 31.5 Å². The maximum Gasteiger partial charge on any atom is 0.411 e. The van der Waals surface area contributed by atoms with E-state index in [0.29, 0.717) is 12.8 Å². The van der Waals surface area contributed by atoms with Gasteiger partial charge in [-0.15, -0.1) is 0 Å². The van der Waals surface area contributed by atoms with Crippen molar-refractivity contribution in [3.8, 4) is 0 Å². The Labute approximate surface area is 199 Å². The second-order valence-corrected chi connectivity index (χ2v) is 9.61. The predicted octanol–water partition coefficient (Wildman–Crippen LogP) is 2.36. The molecule has 1 saturated heterocycles. The number of nitrogens with zero attached hydrogens (tertiary/aromatic N) is 1. The molecule has 2 fully saturated rings. The number of alkyl carbamates (subject to hydrolysis) is 1. The highest BCUT2D eigenvalue weighted by Crippen LogP contribution is 2.29. The Morgan fingerprint density at radius 3 is 2.35 bits per heavy atom. The highest BCUT2D eigenvalue weighted by molar-refractivity contribution is 5.84. The van der Waals surface area contributed by atoms with Crippen molar-refractivity contribution in [3.05, 3.63) is 35.9 Å². The van der Waals surface area contributed by atoms with Gasteiger partial charge in [0.2, 0.25) is 5.91 Å². The molecule has 1 aromatic rings. The molecule has 4 atom stereocenters. The summed E-state index contributed by atoms with van der Waals surface area (Å²) >= 11 is 0. The van der Waals surface area contributed by atoms with E-state index < -0.39 is 41.8 Å². The number of methoxy groups -OCH3 is 1. The van der Waals surface area contributed by atoms with E-state index in [9.17, 15) is 19.2 Å². The molecule has 0 unspecified atom stereocenters. The molecule has 0 spiro atoms. The zero-order valence-corrected chi connectivity index (χ0v) is 20.0. The molecule has 0 aromatic heterocycles. The number of nitrogens with one attached hydrogen (secondary N) is 2. The number of esters is 1. The summed E-state index contributed by atoms with van der Waals surface area (Å²) in [4.78, 5) is 51.1. The third-order valence-electron chi connectivity index (χ3n) is 5.88. The Kier molecular flexibility index (Phi) is 8.01. The lowest BCUT2D eigenvalue weighted by Gasteiger charge is -2.36. The lowest BCUT2D eigenvalue weighted by molar-refractivity contribution is -0.145. The first-order chi connectivity index (χ1) is 16.1. The van der Waals surface area contributed by atoms with Gasteiger partial charge in [-0.05, 0) is 39.2 Å². The average molecular weight is 476 g/mol. The molecule has 2 aliphatic rings. The van der Waals surface area contributed by atoms with Crippen LogP contribution in [0.15, 0.2) is 30.3 Å². The number of amides is 3. The first-order valence-electron chi connectivity index (χ1n) is 11.4. The van der Waals surface area contributed by atoms with Gasteiger partial charge in [0.1, 0.15) is 18.2 Å². The molecule has 34 heavy (non-hydrogen) atoms. The van der Waals surface area contributed by atoms with E-state index in [4.69, 9.17) is 14.2 Å². The minimum atomic E-state index is -0.839. The molecular weight excluding hydrogens is 442 g/mol. The van der Waals surface area contributed by atoms with Crippen molar-refractivity contribution in [1.29, 1.82) is 0 Å². The van der Waals surface area contributed by atoms with Crippen molar-refractivity contribution in [1.82, 2.24) is 15.5 Å². The van der Waals surface area contributed by atoms with Crippen LogP contribution in [0.5, 0.6) is 0 Å². The Bertz CT molecular complexity index is 900. The Balaban J connectivity index is 1.51. The molecule has 10 nitrogen and oxygen atoms in total. The molecule has 1 aromatic carbocycles. The van der Waals surface area contributed by atoms with Crippen LogP contribution in [-0.2, 0) is 30.4 Å². The molecule has 1 aliphatic heterocycles. The van der Waals surface area contributed by atoms with Gasteiger partial charge in [-0.3, -0.25) is 9.69 Å². The summed E-state index contributed by atoms with van der Waals surface area (Å²) in [7, 11) is 1.25. The molecular formula is C24H33N3O7. The summed E-state index contributed by atoms with van der Waals surface area (Å²) in [6.07, 6.45) is 0.302. The average Bonchev–Trinajstić information content (AvgIpc) is 3.18. The second-order valence-electron chi connectivity index (χ2n) is 9.61. The van der Waals surface area contributed by atoms with Gasteiger partial charge in [0, 0.05) is 25.0 Å². The van der Waals surface area contributed by atoms with E-state index >= 15 is 0 Å². The number of benzene rings is 1. The topological polar surface area (TPSA) is 123 Å². The fourth-order valence-corrected chi connectivity index (χ4v) is 4.03. The van der Waals surface area contributed by atoms with Crippen LogP contribution in [0.4, 0.5) is 9.59 Å². The largest absolute Gasteiger partial charge is 0.467 e. The normalized spacial score (nSPS) is 23.9. The zero-order valence-electron chi connectivity index (χ0n) is 20.0. The Morgan fingerprint density at radius 1 is 1.06 bits per heavy atom. The van der Waals surface area contributed by atoms with Crippen LogP contribution in [0.3, 0.4) is 0 Å². The number of rotatable bonds is 6. The summed E-state index contributed by atoms with van der Waals surface area (Å²) < 4.78 is 15.5. The van der Waals surface area contributed by atoms with Crippen molar-refractivity contribution in [2.24, 2.45) is 5.92 Å². The fourth-order valence-electron chi connectivity index (χ4n) is 4.03. The smallest absolute Gasteiger partial charge is 0.411 e. The molecule has 186 valence electrons. The lowest BCUT2D eigenvalue weighted by atomic mass is 9.79. The van der Waals surface area contributed by atoms with Gasteiger partial charge < -0.3 is 24.8 Å². The standard InChI is InChI=1S/C24H33N3O7/c1-24(2,3)34-23(31)27-13-16(12-19(27)21(29)32-4)25-20(28)17-10-11-18(17)26-22(30)33-14-15-8-6-5-7-9-15/h5-9,16-19H,10-14H2,1-4H3,(H,25,28)(H,26,30)/t16-,17-,18+,19+/m1/s1. The third-order valence-corrected chi connectivity index (χ3v) is 5.88. The van der Waals surface area contributed by atoms with Crippen LogP contribution in [0.25, 0.3) is 0 Å². The summed E-state index contributed by atoms with van der Waals surface area (Å²) in [5.41, 5.74) is 0.149. The number of ether oxygens (including phenoxy) is 3.